The third kappa shape index (κ3) is 3.66. The first kappa shape index (κ1) is 13.4. The largest absolute Gasteiger partial charge is 0.304 e. The molecular formula is C13H17FN2O. The van der Waals surface area contributed by atoms with Gasteiger partial charge in [-0.15, -0.1) is 0 Å². The lowest BCUT2D eigenvalue weighted by atomic mass is 10.2. The number of aryl methyl sites for hydroxylation is 2. The number of hydrogen-bond donors (Lipinski definition) is 0. The summed E-state index contributed by atoms with van der Waals surface area (Å²) in [6.07, 6.45) is 4.58. The number of fused-ring (bicyclic) bond motifs is 1. The van der Waals surface area contributed by atoms with E-state index in [2.05, 4.69) is 4.98 Å². The SMILES string of the molecule is CC(C)=O.CCc1cc(F)c2nc(C)cn2c1. The maximum Gasteiger partial charge on any atom is 0.173 e. The van der Waals surface area contributed by atoms with Crippen LogP contribution >= 0.6 is 0 Å². The quantitative estimate of drug-likeness (QED) is 0.763. The van der Waals surface area contributed by atoms with Crippen LogP contribution in [0.5, 0.6) is 0 Å². The molecule has 92 valence electrons. The zero-order chi connectivity index (χ0) is 13.0. The van der Waals surface area contributed by atoms with Gasteiger partial charge in [0.05, 0.1) is 5.69 Å². The van der Waals surface area contributed by atoms with E-state index in [4.69, 9.17) is 0 Å². The van der Waals surface area contributed by atoms with Crippen molar-refractivity contribution in [2.75, 3.05) is 0 Å². The number of ketones is 1. The minimum Gasteiger partial charge on any atom is -0.304 e. The van der Waals surface area contributed by atoms with Crippen molar-refractivity contribution in [2.45, 2.75) is 34.1 Å². The van der Waals surface area contributed by atoms with Gasteiger partial charge in [-0.25, -0.2) is 9.37 Å². The third-order valence-corrected chi connectivity index (χ3v) is 2.09. The molecule has 2 aromatic rings. The Morgan fingerprint density at radius 3 is 2.53 bits per heavy atom. The summed E-state index contributed by atoms with van der Waals surface area (Å²) in [4.78, 5) is 13.5. The highest BCUT2D eigenvalue weighted by Crippen LogP contribution is 2.12. The number of rotatable bonds is 1. The normalized spacial score (nSPS) is 9.94. The fourth-order valence-corrected chi connectivity index (χ4v) is 1.43. The number of imidazole rings is 1. The van der Waals surface area contributed by atoms with Gasteiger partial charge < -0.3 is 9.20 Å². The van der Waals surface area contributed by atoms with Crippen molar-refractivity contribution in [3.63, 3.8) is 0 Å². The lowest BCUT2D eigenvalue weighted by Gasteiger charge is -1.99. The van der Waals surface area contributed by atoms with Gasteiger partial charge in [0, 0.05) is 12.4 Å². The zero-order valence-electron chi connectivity index (χ0n) is 10.6. The van der Waals surface area contributed by atoms with E-state index in [1.54, 1.807) is 10.5 Å². The highest BCUT2D eigenvalue weighted by Gasteiger charge is 2.05. The molecule has 0 fully saturated rings. The predicted octanol–water partition coefficient (Wildman–Crippen LogP) is 2.94. The van der Waals surface area contributed by atoms with E-state index in [9.17, 15) is 9.18 Å². The van der Waals surface area contributed by atoms with E-state index in [1.165, 1.54) is 13.8 Å². The summed E-state index contributed by atoms with van der Waals surface area (Å²) in [6.45, 7) is 6.92. The second kappa shape index (κ2) is 5.57. The average Bonchev–Trinajstić information content (AvgIpc) is 2.58. The van der Waals surface area contributed by atoms with Crippen LogP contribution in [0, 0.1) is 12.7 Å². The maximum absolute atomic E-state index is 13.4. The number of halogens is 1. The van der Waals surface area contributed by atoms with Gasteiger partial charge in [0.25, 0.3) is 0 Å². The van der Waals surface area contributed by atoms with E-state index < -0.39 is 0 Å². The Hall–Kier alpha value is -1.71. The van der Waals surface area contributed by atoms with Gasteiger partial charge in [0.2, 0.25) is 0 Å². The molecule has 4 heteroatoms. The summed E-state index contributed by atoms with van der Waals surface area (Å²) in [5.41, 5.74) is 2.24. The van der Waals surface area contributed by atoms with Crippen molar-refractivity contribution in [3.8, 4) is 0 Å². The van der Waals surface area contributed by atoms with E-state index in [0.717, 1.165) is 17.7 Å². The molecule has 0 N–H and O–H groups in total. The van der Waals surface area contributed by atoms with Crippen molar-refractivity contribution in [3.05, 3.63) is 35.5 Å². The molecule has 2 heterocycles. The Bertz CT molecular complexity index is 527. The van der Waals surface area contributed by atoms with Gasteiger partial charge in [0.1, 0.15) is 5.78 Å². The van der Waals surface area contributed by atoms with E-state index in [0.29, 0.717) is 5.65 Å². The van der Waals surface area contributed by atoms with Crippen LogP contribution < -0.4 is 0 Å². The number of pyridine rings is 1. The number of carbonyl (C=O) groups is 1. The molecule has 0 atom stereocenters. The summed E-state index contributed by atoms with van der Waals surface area (Å²) < 4.78 is 15.1. The molecule has 0 aliphatic heterocycles. The standard InChI is InChI=1S/C10H11FN2.C3H6O/c1-3-8-4-9(11)10-12-7(2)5-13(10)6-8;1-3(2)4/h4-6H,3H2,1-2H3;1-2H3. The molecule has 2 aromatic heterocycles. The monoisotopic (exact) mass is 236 g/mol. The Balaban J connectivity index is 0.000000317. The minimum atomic E-state index is -0.243. The molecule has 0 aliphatic rings. The highest BCUT2D eigenvalue weighted by molar-refractivity contribution is 5.72. The first-order valence-corrected chi connectivity index (χ1v) is 5.55. The van der Waals surface area contributed by atoms with E-state index >= 15 is 0 Å². The Morgan fingerprint density at radius 1 is 1.41 bits per heavy atom. The lowest BCUT2D eigenvalue weighted by Crippen LogP contribution is -1.91. The summed E-state index contributed by atoms with van der Waals surface area (Å²) >= 11 is 0. The second-order valence-electron chi connectivity index (χ2n) is 4.07. The van der Waals surface area contributed by atoms with Gasteiger partial charge in [-0.3, -0.25) is 0 Å². The van der Waals surface area contributed by atoms with Crippen LogP contribution in [-0.2, 0) is 11.2 Å². The van der Waals surface area contributed by atoms with Gasteiger partial charge in [0.15, 0.2) is 11.5 Å². The van der Waals surface area contributed by atoms with Gasteiger partial charge in [-0.2, -0.15) is 0 Å². The molecule has 0 aliphatic carbocycles. The van der Waals surface area contributed by atoms with E-state index in [-0.39, 0.29) is 11.6 Å². The minimum absolute atomic E-state index is 0.167. The molecule has 0 spiro atoms. The van der Waals surface area contributed by atoms with Gasteiger partial charge in [-0.05, 0) is 38.8 Å². The first-order chi connectivity index (χ1) is 7.93. The van der Waals surface area contributed by atoms with Crippen LogP contribution in [0.2, 0.25) is 0 Å². The summed E-state index contributed by atoms with van der Waals surface area (Å²) in [5.74, 6) is -0.0764. The number of carbonyl (C=O) groups excluding carboxylic acids is 1. The molecule has 0 saturated heterocycles. The molecule has 3 nitrogen and oxygen atoms in total. The fourth-order valence-electron chi connectivity index (χ4n) is 1.43. The Labute approximate surface area is 100 Å². The molecular weight excluding hydrogens is 219 g/mol. The predicted molar refractivity (Wildman–Crippen MR) is 65.6 cm³/mol. The van der Waals surface area contributed by atoms with Gasteiger partial charge in [-0.1, -0.05) is 6.92 Å². The Morgan fingerprint density at radius 2 is 2.00 bits per heavy atom. The van der Waals surface area contributed by atoms with Crippen LogP contribution in [0.1, 0.15) is 32.0 Å². The third-order valence-electron chi connectivity index (χ3n) is 2.09. The molecule has 0 amide bonds. The van der Waals surface area contributed by atoms with Crippen LogP contribution in [-0.4, -0.2) is 15.2 Å². The van der Waals surface area contributed by atoms with Gasteiger partial charge >= 0.3 is 0 Å². The second-order valence-corrected chi connectivity index (χ2v) is 4.07. The van der Waals surface area contributed by atoms with Crippen molar-refractivity contribution >= 4 is 11.4 Å². The van der Waals surface area contributed by atoms with Crippen LogP contribution in [0.4, 0.5) is 4.39 Å². The summed E-state index contributed by atoms with van der Waals surface area (Å²) in [7, 11) is 0. The topological polar surface area (TPSA) is 34.4 Å². The average molecular weight is 236 g/mol. The van der Waals surface area contributed by atoms with Crippen LogP contribution in [0.15, 0.2) is 18.5 Å². The smallest absolute Gasteiger partial charge is 0.173 e. The molecule has 0 unspecified atom stereocenters. The molecule has 0 saturated carbocycles. The molecule has 2 rings (SSSR count). The number of nitrogens with zero attached hydrogens (tertiary/aromatic N) is 2. The number of aromatic nitrogens is 2. The van der Waals surface area contributed by atoms with Crippen molar-refractivity contribution in [1.29, 1.82) is 0 Å². The summed E-state index contributed by atoms with van der Waals surface area (Å²) in [5, 5.41) is 0. The van der Waals surface area contributed by atoms with Crippen molar-refractivity contribution in [2.24, 2.45) is 0 Å². The van der Waals surface area contributed by atoms with E-state index in [1.807, 2.05) is 26.2 Å². The first-order valence-electron chi connectivity index (χ1n) is 5.55. The fraction of sp³-hybridized carbons (Fsp3) is 0.385. The highest BCUT2D eigenvalue weighted by atomic mass is 19.1. The summed E-state index contributed by atoms with van der Waals surface area (Å²) in [6, 6.07) is 1.54. The zero-order valence-corrected chi connectivity index (χ0v) is 10.6. The lowest BCUT2D eigenvalue weighted by molar-refractivity contribution is -0.114. The van der Waals surface area contributed by atoms with Crippen LogP contribution in [0.3, 0.4) is 0 Å². The van der Waals surface area contributed by atoms with Crippen molar-refractivity contribution in [1.82, 2.24) is 9.38 Å². The molecule has 0 bridgehead atoms. The maximum atomic E-state index is 13.4. The molecule has 0 aromatic carbocycles. The van der Waals surface area contributed by atoms with Crippen LogP contribution in [0.25, 0.3) is 5.65 Å². The number of Topliss-reactive ketones (excluding diaryl/α,β-unsaturated/α-hetero) is 1. The molecule has 17 heavy (non-hydrogen) atoms. The molecule has 0 radical (unpaired) electrons. The van der Waals surface area contributed by atoms with Crippen molar-refractivity contribution < 1.29 is 9.18 Å². The Kier molecular flexibility index (Phi) is 4.37. The number of hydrogen-bond acceptors (Lipinski definition) is 2.